The summed E-state index contributed by atoms with van der Waals surface area (Å²) in [7, 11) is 0. The maximum absolute atomic E-state index is 5.59. The van der Waals surface area contributed by atoms with Gasteiger partial charge in [-0.05, 0) is 65.8 Å². The van der Waals surface area contributed by atoms with Crippen LogP contribution in [0.5, 0.6) is 0 Å². The van der Waals surface area contributed by atoms with Gasteiger partial charge >= 0.3 is 0 Å². The lowest BCUT2D eigenvalue weighted by molar-refractivity contribution is 0.324. The van der Waals surface area contributed by atoms with E-state index < -0.39 is 0 Å². The number of rotatable bonds is 4. The molecular formula is C63H39N3S2. The predicted octanol–water partition coefficient (Wildman–Crippen LogP) is 17.2. The number of benzene rings is 7. The van der Waals surface area contributed by atoms with Crippen LogP contribution in [0.15, 0.2) is 224 Å². The first-order valence-electron chi connectivity index (χ1n) is 23.7. The highest BCUT2D eigenvalue weighted by atomic mass is 32.1. The molecule has 7 aromatic carbocycles. The molecule has 0 aliphatic heterocycles. The molecule has 5 aromatic heterocycles. The first-order chi connectivity index (χ1) is 33.7. The van der Waals surface area contributed by atoms with Gasteiger partial charge in [-0.15, -0.1) is 22.7 Å². The van der Waals surface area contributed by atoms with Gasteiger partial charge in [-0.25, -0.2) is 4.98 Å². The quantitative estimate of drug-likeness (QED) is 0.173. The molecule has 4 aliphatic carbocycles. The topological polar surface area (TPSA) is 22.8 Å². The molecule has 68 heavy (non-hydrogen) atoms. The van der Waals surface area contributed by atoms with Crippen molar-refractivity contribution in [2.24, 2.45) is 23.7 Å². The van der Waals surface area contributed by atoms with Crippen LogP contribution in [0.2, 0.25) is 0 Å². The van der Waals surface area contributed by atoms with Crippen LogP contribution in [-0.4, -0.2) is 14.1 Å². The summed E-state index contributed by atoms with van der Waals surface area (Å²) >= 11 is 3.71. The number of nitrogens with zero attached hydrogens (tertiary/aromatic N) is 3. The maximum Gasteiger partial charge on any atom is 0.0788 e. The first kappa shape index (κ1) is 37.3. The zero-order valence-corrected chi connectivity index (χ0v) is 38.3. The lowest BCUT2D eigenvalue weighted by Crippen LogP contribution is -2.36. The molecule has 318 valence electrons. The zero-order chi connectivity index (χ0) is 44.2. The molecule has 0 radical (unpaired) electrons. The highest BCUT2D eigenvalue weighted by Gasteiger charge is 2.42. The van der Waals surface area contributed by atoms with Crippen molar-refractivity contribution in [3.8, 4) is 28.2 Å². The molecule has 4 atom stereocenters. The van der Waals surface area contributed by atoms with Crippen molar-refractivity contribution in [1.82, 2.24) is 14.1 Å². The largest absolute Gasteiger partial charge is 0.307 e. The third-order valence-corrected chi connectivity index (χ3v) is 17.7. The molecule has 0 bridgehead atoms. The SMILES string of the molecule is C1=CC2C=CC3=CC(n4c5ccccc5c5ccc6c7ccccc7n(-c7cc(-c8ccc9c(c8)sc8ccccc89)nc(-c8ccc9c(c8)sc8ccccc89)c7)c6c54)=CC4C=CC(=C1)C2C34. The monoisotopic (exact) mass is 901 g/mol. The molecular weight excluding hydrogens is 863 g/mol. The Labute approximate surface area is 399 Å². The van der Waals surface area contributed by atoms with Crippen molar-refractivity contribution in [2.45, 2.75) is 0 Å². The summed E-state index contributed by atoms with van der Waals surface area (Å²) in [5.41, 5.74) is 14.1. The third kappa shape index (κ3) is 5.20. The fourth-order valence-electron chi connectivity index (χ4n) is 12.5. The van der Waals surface area contributed by atoms with Crippen molar-refractivity contribution >= 4 is 112 Å². The second kappa shape index (κ2) is 13.9. The number of fused-ring (bicyclic) bond motifs is 13. The summed E-state index contributed by atoms with van der Waals surface area (Å²) in [6.45, 7) is 0. The molecule has 5 heterocycles. The Morgan fingerprint density at radius 1 is 0.426 bits per heavy atom. The van der Waals surface area contributed by atoms with Crippen molar-refractivity contribution in [2.75, 3.05) is 0 Å². The number of hydrogen-bond donors (Lipinski definition) is 0. The number of para-hydroxylation sites is 2. The Bertz CT molecular complexity index is 4290. The van der Waals surface area contributed by atoms with E-state index in [9.17, 15) is 0 Å². The van der Waals surface area contributed by atoms with E-state index in [1.54, 1.807) is 0 Å². The number of thiophene rings is 2. The lowest BCUT2D eigenvalue weighted by Gasteiger charge is -2.44. The molecule has 0 saturated carbocycles. The second-order valence-electron chi connectivity index (χ2n) is 19.0. The summed E-state index contributed by atoms with van der Waals surface area (Å²) in [6, 6.07) is 58.7. The van der Waals surface area contributed by atoms with Gasteiger partial charge in [-0.1, -0.05) is 158 Å². The van der Waals surface area contributed by atoms with E-state index in [0.29, 0.717) is 23.7 Å². The summed E-state index contributed by atoms with van der Waals surface area (Å²) in [5.74, 6) is 1.65. The van der Waals surface area contributed by atoms with E-state index in [0.717, 1.165) is 28.2 Å². The predicted molar refractivity (Wildman–Crippen MR) is 290 cm³/mol. The summed E-state index contributed by atoms with van der Waals surface area (Å²) < 4.78 is 10.3. The smallest absolute Gasteiger partial charge is 0.0788 e. The van der Waals surface area contributed by atoms with Gasteiger partial charge < -0.3 is 9.13 Å². The van der Waals surface area contributed by atoms with Crippen molar-refractivity contribution < 1.29 is 0 Å². The van der Waals surface area contributed by atoms with Crippen molar-refractivity contribution in [1.29, 1.82) is 0 Å². The zero-order valence-electron chi connectivity index (χ0n) is 36.7. The fourth-order valence-corrected chi connectivity index (χ4v) is 14.8. The van der Waals surface area contributed by atoms with E-state index in [4.69, 9.17) is 4.98 Å². The van der Waals surface area contributed by atoms with Gasteiger partial charge in [0.05, 0.1) is 39.1 Å². The van der Waals surface area contributed by atoms with Gasteiger partial charge in [0.2, 0.25) is 0 Å². The van der Waals surface area contributed by atoms with Crippen LogP contribution in [0.4, 0.5) is 0 Å². The van der Waals surface area contributed by atoms with Crippen LogP contribution >= 0.6 is 22.7 Å². The van der Waals surface area contributed by atoms with Gasteiger partial charge in [-0.2, -0.15) is 0 Å². The van der Waals surface area contributed by atoms with Gasteiger partial charge in [0.15, 0.2) is 0 Å². The highest BCUT2D eigenvalue weighted by Crippen LogP contribution is 2.52. The van der Waals surface area contributed by atoms with Gasteiger partial charge in [0.25, 0.3) is 0 Å². The minimum Gasteiger partial charge on any atom is -0.307 e. The Balaban J connectivity index is 0.986. The molecule has 16 rings (SSSR count). The average molecular weight is 902 g/mol. The van der Waals surface area contributed by atoms with E-state index >= 15 is 0 Å². The van der Waals surface area contributed by atoms with Crippen molar-refractivity contribution in [3.05, 3.63) is 224 Å². The van der Waals surface area contributed by atoms with Crippen LogP contribution in [0.1, 0.15) is 0 Å². The standard InChI is InChI=1S/C63H39N3S2/c1-5-16-54-44(12-1)50-28-29-51-45-13-2-6-17-55(45)66(63(51)62(50)65(54)42-30-40-22-20-36-10-9-11-37-21-23-41(31-42)61(40)60(36)37)43-34-52(38-24-26-48-46-14-3-7-18-56(46)67-58(48)32-38)64-53(35-43)39-25-27-49-47-15-4-8-19-57(47)68-59(49)33-39/h1-36,41,60-61H. The van der Waals surface area contributed by atoms with Crippen LogP contribution in [0.3, 0.4) is 0 Å². The normalized spacial score (nSPS) is 19.6. The summed E-state index contributed by atoms with van der Waals surface area (Å²) in [5, 5.41) is 10.2. The molecule has 12 aromatic rings. The summed E-state index contributed by atoms with van der Waals surface area (Å²) in [4.78, 5) is 5.59. The fraction of sp³-hybridized carbons (Fsp3) is 0.0635. The molecule has 0 fully saturated rings. The maximum atomic E-state index is 5.59. The Hall–Kier alpha value is -7.83. The molecule has 3 nitrogen and oxygen atoms in total. The van der Waals surface area contributed by atoms with Gasteiger partial charge in [0, 0.05) is 102 Å². The Kier molecular flexibility index (Phi) is 7.60. The Morgan fingerprint density at radius 3 is 1.60 bits per heavy atom. The minimum absolute atomic E-state index is 0.300. The molecule has 0 spiro atoms. The van der Waals surface area contributed by atoms with Gasteiger partial charge in [-0.3, -0.25) is 0 Å². The minimum atomic E-state index is 0.300. The van der Waals surface area contributed by atoms with Crippen LogP contribution in [-0.2, 0) is 0 Å². The lowest BCUT2D eigenvalue weighted by atomic mass is 9.60. The first-order valence-corrected chi connectivity index (χ1v) is 25.3. The highest BCUT2D eigenvalue weighted by molar-refractivity contribution is 7.26. The summed E-state index contributed by atoms with van der Waals surface area (Å²) in [6.07, 6.45) is 21.7. The van der Waals surface area contributed by atoms with E-state index in [-0.39, 0.29) is 0 Å². The van der Waals surface area contributed by atoms with Crippen molar-refractivity contribution in [3.63, 3.8) is 0 Å². The van der Waals surface area contributed by atoms with E-state index in [2.05, 4.69) is 222 Å². The second-order valence-corrected chi connectivity index (χ2v) is 21.2. The van der Waals surface area contributed by atoms with E-state index in [1.807, 2.05) is 22.7 Å². The number of allylic oxidation sites excluding steroid dienone is 12. The van der Waals surface area contributed by atoms with E-state index in [1.165, 1.54) is 101 Å². The van der Waals surface area contributed by atoms with Crippen LogP contribution in [0, 0.1) is 23.7 Å². The number of aromatic nitrogens is 3. The Morgan fingerprint density at radius 2 is 0.941 bits per heavy atom. The van der Waals surface area contributed by atoms with Gasteiger partial charge in [0.1, 0.15) is 0 Å². The molecule has 0 saturated heterocycles. The molecule has 0 amide bonds. The van der Waals surface area contributed by atoms with Crippen LogP contribution in [0.25, 0.3) is 118 Å². The molecule has 0 N–H and O–H groups in total. The molecule has 4 aliphatic rings. The van der Waals surface area contributed by atoms with Crippen LogP contribution < -0.4 is 0 Å². The average Bonchev–Trinajstić information content (AvgIpc) is 4.15. The number of hydrogen-bond acceptors (Lipinski definition) is 3. The molecule has 4 unspecified atom stereocenters. The number of pyridine rings is 1. The molecule has 5 heteroatoms. The third-order valence-electron chi connectivity index (χ3n) is 15.5.